The monoisotopic (exact) mass is 529 g/mol. The Morgan fingerprint density at radius 3 is 2.59 bits per heavy atom. The van der Waals surface area contributed by atoms with Crippen LogP contribution < -0.4 is 16.0 Å². The molecule has 0 fully saturated rings. The van der Waals surface area contributed by atoms with Crippen molar-refractivity contribution in [1.29, 1.82) is 0 Å². The van der Waals surface area contributed by atoms with E-state index in [1.54, 1.807) is 0 Å². The number of carbonyl (C=O) groups is 1. The summed E-state index contributed by atoms with van der Waals surface area (Å²) in [6.07, 6.45) is 2.67. The lowest BCUT2D eigenvalue weighted by Gasteiger charge is -2.08. The van der Waals surface area contributed by atoms with E-state index in [0.717, 1.165) is 29.8 Å². The zero-order chi connectivity index (χ0) is 27.9. The molecule has 0 radical (unpaired) electrons. The van der Waals surface area contributed by atoms with Gasteiger partial charge >= 0.3 is 0 Å². The molecule has 0 aliphatic rings. The molecule has 5 rings (SSSR count). The number of nitrogens with two attached hydrogens (primary N) is 1. The highest BCUT2D eigenvalue weighted by Crippen LogP contribution is 2.32. The largest absolute Gasteiger partial charge is 0.489 e. The van der Waals surface area contributed by atoms with Gasteiger partial charge in [-0.25, -0.2) is 4.98 Å². The van der Waals surface area contributed by atoms with E-state index in [-0.39, 0.29) is 11.4 Å². The van der Waals surface area contributed by atoms with E-state index >= 15 is 0 Å². The molecule has 0 spiro atoms. The van der Waals surface area contributed by atoms with Gasteiger partial charge < -0.3 is 25.1 Å². The van der Waals surface area contributed by atoms with Gasteiger partial charge in [0.05, 0.1) is 21.5 Å². The minimum Gasteiger partial charge on any atom is -0.489 e. The second-order valence-electron chi connectivity index (χ2n) is 8.72. The van der Waals surface area contributed by atoms with Crippen molar-refractivity contribution in [3.8, 4) is 17.0 Å². The highest BCUT2D eigenvalue weighted by Gasteiger charge is 2.17. The minimum atomic E-state index is -0.833. The normalized spacial score (nSPS) is 10.7. The number of aliphatic carboxylic acids is 1. The van der Waals surface area contributed by atoms with E-state index < -0.39 is 16.5 Å². The maximum atomic E-state index is 13.0. The van der Waals surface area contributed by atoms with Gasteiger partial charge in [-0.3, -0.25) is 19.7 Å². The third-order valence-electron chi connectivity index (χ3n) is 5.85. The van der Waals surface area contributed by atoms with Crippen LogP contribution in [0.4, 0.5) is 5.69 Å². The number of hydrogen-bond donors (Lipinski definition) is 3. The first-order chi connectivity index (χ1) is 18.8. The number of rotatable bonds is 8. The molecule has 0 aliphatic heterocycles. The Kier molecular flexibility index (Phi) is 8.32. The molecular weight excluding hydrogens is 502 g/mol. The first-order valence-corrected chi connectivity index (χ1v) is 12.1. The van der Waals surface area contributed by atoms with Crippen LogP contribution >= 0.6 is 0 Å². The number of nitrogens with zero attached hydrogens (tertiary/aromatic N) is 3. The van der Waals surface area contributed by atoms with Crippen LogP contribution in [0.5, 0.6) is 5.75 Å². The van der Waals surface area contributed by atoms with Crippen molar-refractivity contribution < 1.29 is 19.6 Å². The lowest BCUT2D eigenvalue weighted by Crippen LogP contribution is -2.11. The Hall–Kier alpha value is -5.03. The highest BCUT2D eigenvalue weighted by atomic mass is 16.6. The average molecular weight is 530 g/mol. The van der Waals surface area contributed by atoms with Crippen LogP contribution in [0.15, 0.2) is 77.7 Å². The van der Waals surface area contributed by atoms with Crippen molar-refractivity contribution in [2.45, 2.75) is 26.5 Å². The minimum absolute atomic E-state index is 0.107. The maximum absolute atomic E-state index is 13.0. The number of nitro benzene ring substituents is 1. The summed E-state index contributed by atoms with van der Waals surface area (Å²) in [7, 11) is 0. The summed E-state index contributed by atoms with van der Waals surface area (Å²) < 4.78 is 8.06. The number of fused-ring (bicyclic) bond motifs is 2. The number of aromatic amines is 1. The van der Waals surface area contributed by atoms with Crippen molar-refractivity contribution in [2.24, 2.45) is 5.73 Å². The van der Waals surface area contributed by atoms with Gasteiger partial charge in [0.15, 0.2) is 0 Å². The number of carboxylic acid groups (broad SMARTS) is 1. The zero-order valence-electron chi connectivity index (χ0n) is 21.2. The molecule has 0 saturated heterocycles. The first-order valence-electron chi connectivity index (χ1n) is 12.1. The number of aromatic nitrogens is 3. The number of carboxylic acids is 1. The van der Waals surface area contributed by atoms with Gasteiger partial charge in [-0.2, -0.15) is 0 Å². The summed E-state index contributed by atoms with van der Waals surface area (Å²) in [5, 5.41) is 19.4. The fourth-order valence-electron chi connectivity index (χ4n) is 4.11. The second-order valence-corrected chi connectivity index (χ2v) is 8.72. The second kappa shape index (κ2) is 12.0. The first kappa shape index (κ1) is 27.0. The molecule has 200 valence electrons. The molecule has 0 saturated carbocycles. The molecule has 0 aliphatic carbocycles. The van der Waals surface area contributed by atoms with Crippen molar-refractivity contribution in [2.75, 3.05) is 6.54 Å². The molecule has 0 unspecified atom stereocenters. The molecule has 5 aromatic rings. The molecule has 11 nitrogen and oxygen atoms in total. The van der Waals surface area contributed by atoms with E-state index in [0.29, 0.717) is 42.0 Å². The third kappa shape index (κ3) is 6.46. The highest BCUT2D eigenvalue weighted by molar-refractivity contribution is 5.96. The number of H-pyrrole nitrogens is 1. The zero-order valence-corrected chi connectivity index (χ0v) is 21.2. The summed E-state index contributed by atoms with van der Waals surface area (Å²) in [6, 6.07) is 19.9. The Bertz CT molecular complexity index is 1690. The molecule has 2 aromatic heterocycles. The predicted octanol–water partition coefficient (Wildman–Crippen LogP) is 4.47. The number of non-ortho nitro benzene ring substituents is 1. The van der Waals surface area contributed by atoms with Crippen LogP contribution in [-0.2, 0) is 17.9 Å². The van der Waals surface area contributed by atoms with Crippen LogP contribution in [-0.4, -0.2) is 37.1 Å². The molecule has 0 amide bonds. The maximum Gasteiger partial charge on any atom is 0.300 e. The quantitative estimate of drug-likeness (QED) is 0.195. The summed E-state index contributed by atoms with van der Waals surface area (Å²) in [6.45, 7) is 2.74. The van der Waals surface area contributed by atoms with E-state index in [4.69, 9.17) is 20.4 Å². The van der Waals surface area contributed by atoms with Crippen molar-refractivity contribution in [3.63, 3.8) is 0 Å². The van der Waals surface area contributed by atoms with Gasteiger partial charge in [0.1, 0.15) is 18.1 Å². The standard InChI is InChI=1S/C26H23N5O4.C2H4O2/c27-11-4-12-30-15-21(25-26(32)29-23-13-18(31(33)34)7-10-22(23)28-25)20-9-8-19(14-24(20)30)35-16-17-5-2-1-3-6-17;1-2(3)4/h1-3,5-10,13-15H,4,11-12,16,27H2,(H,29,32);1H3,(H,3,4). The topological polar surface area (TPSA) is 166 Å². The summed E-state index contributed by atoms with van der Waals surface area (Å²) in [4.78, 5) is 39.8. The summed E-state index contributed by atoms with van der Waals surface area (Å²) >= 11 is 0. The Labute approximate surface area is 222 Å². The molecule has 0 atom stereocenters. The Morgan fingerprint density at radius 2 is 1.90 bits per heavy atom. The molecule has 3 aromatic carbocycles. The van der Waals surface area contributed by atoms with Crippen LogP contribution in [0.1, 0.15) is 18.9 Å². The van der Waals surface area contributed by atoms with Crippen molar-refractivity contribution >= 4 is 33.6 Å². The van der Waals surface area contributed by atoms with Gasteiger partial charge in [0, 0.05) is 48.8 Å². The Balaban J connectivity index is 0.000000826. The van der Waals surface area contributed by atoms with E-state index in [9.17, 15) is 14.9 Å². The molecule has 39 heavy (non-hydrogen) atoms. The van der Waals surface area contributed by atoms with Crippen LogP contribution in [0, 0.1) is 10.1 Å². The van der Waals surface area contributed by atoms with Crippen molar-refractivity contribution in [3.05, 3.63) is 99.0 Å². The molecule has 0 bridgehead atoms. The molecule has 2 heterocycles. The number of nitrogens with one attached hydrogen (secondary N) is 1. The Morgan fingerprint density at radius 1 is 1.15 bits per heavy atom. The van der Waals surface area contributed by atoms with Gasteiger partial charge in [0.2, 0.25) is 0 Å². The SMILES string of the molecule is CC(=O)O.NCCCn1cc(-c2nc3ccc([N+](=O)[O-])cc3[nH]c2=O)c2ccc(OCc3ccccc3)cc21. The average Bonchev–Trinajstić information content (AvgIpc) is 3.27. The van der Waals surface area contributed by atoms with Gasteiger partial charge in [0.25, 0.3) is 17.2 Å². The van der Waals surface area contributed by atoms with E-state index in [2.05, 4.69) is 9.97 Å². The van der Waals surface area contributed by atoms with Gasteiger partial charge in [-0.05, 0) is 36.7 Å². The van der Waals surface area contributed by atoms with E-state index in [1.807, 2.05) is 59.3 Å². The van der Waals surface area contributed by atoms with Gasteiger partial charge in [-0.1, -0.05) is 30.3 Å². The van der Waals surface area contributed by atoms with Gasteiger partial charge in [-0.15, -0.1) is 0 Å². The number of nitro groups is 1. The molecule has 11 heteroatoms. The fourth-order valence-corrected chi connectivity index (χ4v) is 4.11. The molecule has 4 N–H and O–H groups in total. The molecular formula is C28H27N5O6. The smallest absolute Gasteiger partial charge is 0.300 e. The third-order valence-corrected chi connectivity index (χ3v) is 5.85. The van der Waals surface area contributed by atoms with Crippen LogP contribution in [0.3, 0.4) is 0 Å². The fraction of sp³-hybridized carbons (Fsp3) is 0.179. The van der Waals surface area contributed by atoms with Crippen molar-refractivity contribution in [1.82, 2.24) is 14.5 Å². The van der Waals surface area contributed by atoms with Crippen LogP contribution in [0.2, 0.25) is 0 Å². The predicted molar refractivity (Wildman–Crippen MR) is 148 cm³/mol. The lowest BCUT2D eigenvalue weighted by molar-refractivity contribution is -0.384. The summed E-state index contributed by atoms with van der Waals surface area (Å²) in [5.74, 6) is -0.118. The number of benzene rings is 3. The van der Waals surface area contributed by atoms with Crippen LogP contribution in [0.25, 0.3) is 33.2 Å². The summed E-state index contributed by atoms with van der Waals surface area (Å²) in [5.41, 5.74) is 8.91. The number of hydrogen-bond acceptors (Lipinski definition) is 7. The lowest BCUT2D eigenvalue weighted by atomic mass is 10.1. The number of aryl methyl sites for hydroxylation is 1. The van der Waals surface area contributed by atoms with E-state index in [1.165, 1.54) is 18.2 Å². The number of ether oxygens (including phenoxy) is 1.